The van der Waals surface area contributed by atoms with Crippen LogP contribution in [0.3, 0.4) is 0 Å². The molecule has 0 saturated heterocycles. The number of benzene rings is 1. The summed E-state index contributed by atoms with van der Waals surface area (Å²) in [7, 11) is 1.39. The minimum atomic E-state index is -0.290. The second kappa shape index (κ2) is 6.62. The van der Waals surface area contributed by atoms with E-state index < -0.39 is 0 Å². The van der Waals surface area contributed by atoms with Crippen LogP contribution in [0, 0.1) is 13.8 Å². The number of halogens is 1. The molecule has 0 aromatic heterocycles. The van der Waals surface area contributed by atoms with Crippen molar-refractivity contribution in [2.24, 2.45) is 0 Å². The van der Waals surface area contributed by atoms with Crippen molar-refractivity contribution in [1.82, 2.24) is 0 Å². The smallest absolute Gasteiger partial charge is 0.338 e. The zero-order chi connectivity index (χ0) is 12.0. The number of carbonyl (C=O) groups excluding carboxylic acids is 1. The quantitative estimate of drug-likeness (QED) is 0.726. The van der Waals surface area contributed by atoms with Crippen LogP contribution >= 0.6 is 15.9 Å². The van der Waals surface area contributed by atoms with E-state index in [1.165, 1.54) is 7.11 Å². The van der Waals surface area contributed by atoms with E-state index in [1.807, 2.05) is 39.8 Å². The number of ether oxygens (including phenoxy) is 1. The average molecular weight is 273 g/mol. The number of aryl methyl sites for hydroxylation is 1. The summed E-state index contributed by atoms with van der Waals surface area (Å²) in [5.74, 6) is -0.290. The lowest BCUT2D eigenvalue weighted by Crippen LogP contribution is -2.04. The van der Waals surface area contributed by atoms with E-state index in [0.29, 0.717) is 5.56 Å². The molecule has 0 N–H and O–H groups in total. The zero-order valence-electron chi connectivity index (χ0n) is 9.85. The highest BCUT2D eigenvalue weighted by Crippen LogP contribution is 2.22. The van der Waals surface area contributed by atoms with Gasteiger partial charge in [0, 0.05) is 4.47 Å². The minimum absolute atomic E-state index is 0.290. The number of esters is 1. The van der Waals surface area contributed by atoms with E-state index in [2.05, 4.69) is 20.7 Å². The Labute approximate surface area is 99.8 Å². The van der Waals surface area contributed by atoms with E-state index in [4.69, 9.17) is 0 Å². The summed E-state index contributed by atoms with van der Waals surface area (Å²) in [4.78, 5) is 11.3. The van der Waals surface area contributed by atoms with Gasteiger partial charge in [0.25, 0.3) is 0 Å². The molecule has 84 valence electrons. The highest BCUT2D eigenvalue weighted by molar-refractivity contribution is 9.10. The maximum Gasteiger partial charge on any atom is 0.338 e. The van der Waals surface area contributed by atoms with E-state index in [1.54, 1.807) is 0 Å². The van der Waals surface area contributed by atoms with Gasteiger partial charge in [0.1, 0.15) is 0 Å². The Morgan fingerprint density at radius 2 is 1.80 bits per heavy atom. The van der Waals surface area contributed by atoms with Crippen LogP contribution in [-0.4, -0.2) is 13.1 Å². The van der Waals surface area contributed by atoms with Crippen molar-refractivity contribution in [1.29, 1.82) is 0 Å². The molecule has 0 saturated carbocycles. The number of hydrogen-bond donors (Lipinski definition) is 0. The first-order valence-corrected chi connectivity index (χ1v) is 5.70. The van der Waals surface area contributed by atoms with Crippen LogP contribution in [-0.2, 0) is 4.74 Å². The predicted octanol–water partition coefficient (Wildman–Crippen LogP) is 3.88. The topological polar surface area (TPSA) is 26.3 Å². The Balaban J connectivity index is 0.000000921. The van der Waals surface area contributed by atoms with Gasteiger partial charge < -0.3 is 4.74 Å². The van der Waals surface area contributed by atoms with Crippen molar-refractivity contribution in [2.75, 3.05) is 7.11 Å². The Morgan fingerprint density at radius 3 is 2.27 bits per heavy atom. The van der Waals surface area contributed by atoms with Crippen molar-refractivity contribution >= 4 is 21.9 Å². The lowest BCUT2D eigenvalue weighted by molar-refractivity contribution is 0.0599. The van der Waals surface area contributed by atoms with Gasteiger partial charge in [-0.3, -0.25) is 0 Å². The van der Waals surface area contributed by atoms with Gasteiger partial charge in [-0.05, 0) is 37.1 Å². The number of carbonyl (C=O) groups is 1. The van der Waals surface area contributed by atoms with Crippen LogP contribution in [0.1, 0.15) is 35.3 Å². The highest BCUT2D eigenvalue weighted by Gasteiger charge is 2.11. The minimum Gasteiger partial charge on any atom is -0.465 e. The van der Waals surface area contributed by atoms with Gasteiger partial charge in [0.15, 0.2) is 0 Å². The molecule has 15 heavy (non-hydrogen) atoms. The fourth-order valence-corrected chi connectivity index (χ4v) is 1.71. The molecular formula is C12H17BrO2. The highest BCUT2D eigenvalue weighted by atomic mass is 79.9. The molecule has 0 bridgehead atoms. The molecule has 1 aromatic carbocycles. The predicted molar refractivity (Wildman–Crippen MR) is 66.3 cm³/mol. The first-order valence-electron chi connectivity index (χ1n) is 4.91. The first-order chi connectivity index (χ1) is 7.06. The largest absolute Gasteiger partial charge is 0.465 e. The van der Waals surface area contributed by atoms with Crippen LogP contribution in [0.4, 0.5) is 0 Å². The molecule has 0 heterocycles. The van der Waals surface area contributed by atoms with Gasteiger partial charge >= 0.3 is 5.97 Å². The lowest BCUT2D eigenvalue weighted by Gasteiger charge is -2.06. The van der Waals surface area contributed by atoms with E-state index >= 15 is 0 Å². The molecule has 0 aliphatic rings. The molecular weight excluding hydrogens is 256 g/mol. The molecule has 2 nitrogen and oxygen atoms in total. The van der Waals surface area contributed by atoms with Gasteiger partial charge in [-0.2, -0.15) is 0 Å². The lowest BCUT2D eigenvalue weighted by atomic mass is 10.1. The molecule has 0 amide bonds. The Morgan fingerprint density at radius 1 is 1.27 bits per heavy atom. The molecule has 0 radical (unpaired) electrons. The summed E-state index contributed by atoms with van der Waals surface area (Å²) in [6, 6.07) is 3.80. The summed E-state index contributed by atoms with van der Waals surface area (Å²) < 4.78 is 5.61. The molecule has 0 aliphatic heterocycles. The summed E-state index contributed by atoms with van der Waals surface area (Å²) >= 11 is 3.39. The average Bonchev–Trinajstić information content (AvgIpc) is 2.25. The van der Waals surface area contributed by atoms with Crippen molar-refractivity contribution in [3.8, 4) is 0 Å². The second-order valence-electron chi connectivity index (χ2n) is 2.91. The third-order valence-corrected chi connectivity index (χ3v) is 2.72. The Hall–Kier alpha value is -0.830. The van der Waals surface area contributed by atoms with E-state index in [0.717, 1.165) is 15.6 Å². The third-order valence-electron chi connectivity index (χ3n) is 1.89. The van der Waals surface area contributed by atoms with Crippen molar-refractivity contribution in [3.05, 3.63) is 33.3 Å². The Bertz CT molecular complexity index is 346. The van der Waals surface area contributed by atoms with Gasteiger partial charge in [-0.1, -0.05) is 29.8 Å². The summed E-state index contributed by atoms with van der Waals surface area (Å²) in [6.07, 6.45) is 0. The normalized spacial score (nSPS) is 8.93. The number of rotatable bonds is 1. The molecule has 0 unspecified atom stereocenters. The molecule has 0 fully saturated rings. The summed E-state index contributed by atoms with van der Waals surface area (Å²) in [6.45, 7) is 7.83. The van der Waals surface area contributed by atoms with Crippen molar-refractivity contribution < 1.29 is 9.53 Å². The van der Waals surface area contributed by atoms with Crippen LogP contribution in [0.2, 0.25) is 0 Å². The molecule has 0 spiro atoms. The molecule has 3 heteroatoms. The molecule has 1 rings (SSSR count). The summed E-state index contributed by atoms with van der Waals surface area (Å²) in [5, 5.41) is 0. The van der Waals surface area contributed by atoms with Crippen molar-refractivity contribution in [3.63, 3.8) is 0 Å². The van der Waals surface area contributed by atoms with E-state index in [-0.39, 0.29) is 5.97 Å². The maximum absolute atomic E-state index is 11.3. The van der Waals surface area contributed by atoms with Gasteiger partial charge in [-0.15, -0.1) is 0 Å². The summed E-state index contributed by atoms with van der Waals surface area (Å²) in [5.41, 5.74) is 2.57. The van der Waals surface area contributed by atoms with Crippen LogP contribution in [0.5, 0.6) is 0 Å². The van der Waals surface area contributed by atoms with Gasteiger partial charge in [0.2, 0.25) is 0 Å². The second-order valence-corrected chi connectivity index (χ2v) is 3.77. The third kappa shape index (κ3) is 3.67. The number of hydrogen-bond acceptors (Lipinski definition) is 2. The fourth-order valence-electron chi connectivity index (χ4n) is 1.14. The first kappa shape index (κ1) is 14.2. The maximum atomic E-state index is 11.3. The van der Waals surface area contributed by atoms with Gasteiger partial charge in [0.05, 0.1) is 12.7 Å². The molecule has 0 atom stereocenters. The fraction of sp³-hybridized carbons (Fsp3) is 0.417. The molecule has 1 aromatic rings. The standard InChI is InChI=1S/C10H11BrO2.C2H6/c1-6-4-8(10(12)13-3)7(2)9(11)5-6;1-2/h4-5H,1-3H3;1-2H3. The SMILES string of the molecule is CC.COC(=O)c1cc(C)cc(Br)c1C. The van der Waals surface area contributed by atoms with E-state index in [9.17, 15) is 4.79 Å². The Kier molecular flexibility index (Phi) is 6.25. The number of methoxy groups -OCH3 is 1. The zero-order valence-corrected chi connectivity index (χ0v) is 11.4. The van der Waals surface area contributed by atoms with Crippen LogP contribution in [0.15, 0.2) is 16.6 Å². The monoisotopic (exact) mass is 272 g/mol. The van der Waals surface area contributed by atoms with Crippen LogP contribution < -0.4 is 0 Å². The van der Waals surface area contributed by atoms with Gasteiger partial charge in [-0.25, -0.2) is 4.79 Å². The molecule has 0 aliphatic carbocycles. The van der Waals surface area contributed by atoms with Crippen LogP contribution in [0.25, 0.3) is 0 Å². The van der Waals surface area contributed by atoms with Crippen molar-refractivity contribution in [2.45, 2.75) is 27.7 Å².